The molecule has 0 bridgehead atoms. The summed E-state index contributed by atoms with van der Waals surface area (Å²) >= 11 is 0. The predicted octanol–water partition coefficient (Wildman–Crippen LogP) is 0.278. The number of piperidine rings is 1. The van der Waals surface area contributed by atoms with Gasteiger partial charge in [0.25, 0.3) is 0 Å². The van der Waals surface area contributed by atoms with Gasteiger partial charge in [-0.1, -0.05) is 0 Å². The minimum atomic E-state index is 0.223. The minimum Gasteiger partial charge on any atom is -0.378 e. The largest absolute Gasteiger partial charge is 0.378 e. The summed E-state index contributed by atoms with van der Waals surface area (Å²) in [4.78, 5) is 27.0. The second-order valence-electron chi connectivity index (χ2n) is 6.84. The van der Waals surface area contributed by atoms with Crippen molar-refractivity contribution < 1.29 is 9.53 Å². The molecule has 8 nitrogen and oxygen atoms in total. The summed E-state index contributed by atoms with van der Waals surface area (Å²) in [6.07, 6.45) is 3.61. The third-order valence-electron chi connectivity index (χ3n) is 4.77. The average molecular weight is 348 g/mol. The molecule has 2 saturated heterocycles. The van der Waals surface area contributed by atoms with Gasteiger partial charge in [0.1, 0.15) is 18.0 Å². The van der Waals surface area contributed by atoms with Crippen LogP contribution in [0.15, 0.2) is 12.4 Å². The smallest absolute Gasteiger partial charge is 0.236 e. The van der Waals surface area contributed by atoms with E-state index in [1.807, 2.05) is 30.0 Å². The van der Waals surface area contributed by atoms with E-state index in [0.717, 1.165) is 50.7 Å². The lowest BCUT2D eigenvalue weighted by Gasteiger charge is -2.34. The Hall–Kier alpha value is -1.93. The molecule has 0 atom stereocenters. The second kappa shape index (κ2) is 8.44. The van der Waals surface area contributed by atoms with Crippen molar-refractivity contribution in [2.24, 2.45) is 0 Å². The Morgan fingerprint density at radius 2 is 1.96 bits per heavy atom. The summed E-state index contributed by atoms with van der Waals surface area (Å²) in [6, 6.07) is 2.36. The zero-order valence-electron chi connectivity index (χ0n) is 15.1. The number of aromatic nitrogens is 2. The Bertz CT molecular complexity index is 568. The van der Waals surface area contributed by atoms with Gasteiger partial charge in [0.05, 0.1) is 19.8 Å². The SMILES string of the molecule is CN(C)c1cc(NC2CCN(CC(=O)N3CCOCC3)CC2)ncn1. The van der Waals surface area contributed by atoms with E-state index in [2.05, 4.69) is 20.2 Å². The van der Waals surface area contributed by atoms with Crippen LogP contribution in [0, 0.1) is 0 Å². The van der Waals surface area contributed by atoms with Crippen LogP contribution in [0.4, 0.5) is 11.6 Å². The van der Waals surface area contributed by atoms with E-state index in [4.69, 9.17) is 4.74 Å². The number of anilines is 2. The Balaban J connectivity index is 1.44. The quantitative estimate of drug-likeness (QED) is 0.819. The first-order chi connectivity index (χ1) is 12.1. The first-order valence-electron chi connectivity index (χ1n) is 8.95. The third kappa shape index (κ3) is 5.02. The molecule has 3 heterocycles. The molecule has 1 aromatic heterocycles. The number of carbonyl (C=O) groups is 1. The molecule has 0 unspecified atom stereocenters. The van der Waals surface area contributed by atoms with Crippen molar-refractivity contribution in [2.75, 3.05) is 70.2 Å². The van der Waals surface area contributed by atoms with Crippen LogP contribution in [-0.2, 0) is 9.53 Å². The maximum Gasteiger partial charge on any atom is 0.236 e. The number of morpholine rings is 1. The van der Waals surface area contributed by atoms with Gasteiger partial charge in [0.15, 0.2) is 0 Å². The molecule has 25 heavy (non-hydrogen) atoms. The lowest BCUT2D eigenvalue weighted by atomic mass is 10.0. The third-order valence-corrected chi connectivity index (χ3v) is 4.77. The van der Waals surface area contributed by atoms with Gasteiger partial charge < -0.3 is 19.9 Å². The summed E-state index contributed by atoms with van der Waals surface area (Å²) in [5.74, 6) is 1.98. The molecule has 1 amide bonds. The zero-order chi connectivity index (χ0) is 17.6. The van der Waals surface area contributed by atoms with Gasteiger partial charge in [-0.15, -0.1) is 0 Å². The molecule has 0 radical (unpaired) electrons. The van der Waals surface area contributed by atoms with Crippen LogP contribution in [0.25, 0.3) is 0 Å². The highest BCUT2D eigenvalue weighted by Gasteiger charge is 2.24. The van der Waals surface area contributed by atoms with E-state index in [9.17, 15) is 4.79 Å². The number of rotatable bonds is 5. The molecular formula is C17H28N6O2. The standard InChI is InChI=1S/C17H28N6O2/c1-21(2)16-11-15(18-13-19-16)20-14-3-5-22(6-4-14)12-17(24)23-7-9-25-10-8-23/h11,13-14H,3-10,12H2,1-2H3,(H,18,19,20). The number of hydrogen-bond donors (Lipinski definition) is 1. The van der Waals surface area contributed by atoms with Gasteiger partial charge in [-0.05, 0) is 12.8 Å². The number of amides is 1. The fourth-order valence-electron chi connectivity index (χ4n) is 3.22. The molecular weight excluding hydrogens is 320 g/mol. The molecule has 0 spiro atoms. The van der Waals surface area contributed by atoms with Gasteiger partial charge in [0, 0.05) is 52.4 Å². The highest BCUT2D eigenvalue weighted by atomic mass is 16.5. The summed E-state index contributed by atoms with van der Waals surface area (Å²) < 4.78 is 5.30. The first kappa shape index (κ1) is 17.9. The topological polar surface area (TPSA) is 73.8 Å². The van der Waals surface area contributed by atoms with E-state index in [0.29, 0.717) is 25.8 Å². The van der Waals surface area contributed by atoms with Crippen molar-refractivity contribution in [3.8, 4) is 0 Å². The predicted molar refractivity (Wildman–Crippen MR) is 96.8 cm³/mol. The van der Waals surface area contributed by atoms with Crippen molar-refractivity contribution in [3.05, 3.63) is 12.4 Å². The van der Waals surface area contributed by atoms with Crippen molar-refractivity contribution in [1.82, 2.24) is 19.8 Å². The van der Waals surface area contributed by atoms with Crippen LogP contribution in [0.2, 0.25) is 0 Å². The summed E-state index contributed by atoms with van der Waals surface area (Å²) in [5.41, 5.74) is 0. The highest BCUT2D eigenvalue weighted by molar-refractivity contribution is 5.78. The molecule has 2 aliphatic rings. The molecule has 1 N–H and O–H groups in total. The number of nitrogens with one attached hydrogen (secondary N) is 1. The maximum absolute atomic E-state index is 12.3. The van der Waals surface area contributed by atoms with Crippen molar-refractivity contribution in [3.63, 3.8) is 0 Å². The molecule has 2 aliphatic heterocycles. The van der Waals surface area contributed by atoms with E-state index < -0.39 is 0 Å². The van der Waals surface area contributed by atoms with Crippen LogP contribution >= 0.6 is 0 Å². The van der Waals surface area contributed by atoms with Crippen LogP contribution in [0.1, 0.15) is 12.8 Å². The van der Waals surface area contributed by atoms with Gasteiger partial charge in [-0.3, -0.25) is 9.69 Å². The van der Waals surface area contributed by atoms with Crippen molar-refractivity contribution in [1.29, 1.82) is 0 Å². The molecule has 8 heteroatoms. The van der Waals surface area contributed by atoms with Gasteiger partial charge in [-0.2, -0.15) is 0 Å². The van der Waals surface area contributed by atoms with Crippen molar-refractivity contribution >= 4 is 17.5 Å². The second-order valence-corrected chi connectivity index (χ2v) is 6.84. The summed E-state index contributed by atoms with van der Waals surface area (Å²) in [5, 5.41) is 3.50. The van der Waals surface area contributed by atoms with Crippen LogP contribution < -0.4 is 10.2 Å². The fourth-order valence-corrected chi connectivity index (χ4v) is 3.22. The minimum absolute atomic E-state index is 0.223. The lowest BCUT2D eigenvalue weighted by molar-refractivity contribution is -0.136. The maximum atomic E-state index is 12.3. The Labute approximate surface area is 149 Å². The first-order valence-corrected chi connectivity index (χ1v) is 8.95. The molecule has 0 aliphatic carbocycles. The van der Waals surface area contributed by atoms with Crippen LogP contribution in [-0.4, -0.2) is 91.7 Å². The van der Waals surface area contributed by atoms with Gasteiger partial charge in [-0.25, -0.2) is 9.97 Å². The number of carbonyl (C=O) groups excluding carboxylic acids is 1. The van der Waals surface area contributed by atoms with Crippen LogP contribution in [0.5, 0.6) is 0 Å². The average Bonchev–Trinajstić information content (AvgIpc) is 2.64. The molecule has 2 fully saturated rings. The fraction of sp³-hybridized carbons (Fsp3) is 0.706. The normalized spacial score (nSPS) is 19.7. The van der Waals surface area contributed by atoms with Crippen LogP contribution in [0.3, 0.4) is 0 Å². The molecule has 138 valence electrons. The molecule has 0 saturated carbocycles. The highest BCUT2D eigenvalue weighted by Crippen LogP contribution is 2.17. The number of nitrogens with zero attached hydrogens (tertiary/aromatic N) is 5. The Kier molecular flexibility index (Phi) is 6.04. The Morgan fingerprint density at radius 1 is 1.24 bits per heavy atom. The number of ether oxygens (including phenoxy) is 1. The monoisotopic (exact) mass is 348 g/mol. The van der Waals surface area contributed by atoms with E-state index in [1.54, 1.807) is 6.33 Å². The van der Waals surface area contributed by atoms with Gasteiger partial charge in [0.2, 0.25) is 5.91 Å². The van der Waals surface area contributed by atoms with E-state index in [-0.39, 0.29) is 5.91 Å². The lowest BCUT2D eigenvalue weighted by Crippen LogP contribution is -2.48. The summed E-state index contributed by atoms with van der Waals surface area (Å²) in [6.45, 7) is 5.14. The summed E-state index contributed by atoms with van der Waals surface area (Å²) in [7, 11) is 3.94. The zero-order valence-corrected chi connectivity index (χ0v) is 15.1. The number of hydrogen-bond acceptors (Lipinski definition) is 7. The molecule has 1 aromatic rings. The molecule has 0 aromatic carbocycles. The van der Waals surface area contributed by atoms with Crippen molar-refractivity contribution in [2.45, 2.75) is 18.9 Å². The number of likely N-dealkylation sites (tertiary alicyclic amines) is 1. The van der Waals surface area contributed by atoms with E-state index in [1.165, 1.54) is 0 Å². The molecule has 3 rings (SSSR count). The Morgan fingerprint density at radius 3 is 2.64 bits per heavy atom. The van der Waals surface area contributed by atoms with Gasteiger partial charge >= 0.3 is 0 Å². The van der Waals surface area contributed by atoms with E-state index >= 15 is 0 Å².